The summed E-state index contributed by atoms with van der Waals surface area (Å²) in [6.45, 7) is 1.77. The van der Waals surface area contributed by atoms with E-state index in [0.717, 1.165) is 10.5 Å². The van der Waals surface area contributed by atoms with E-state index < -0.39 is 22.9 Å². The Morgan fingerprint density at radius 1 is 0.913 bits per heavy atom. The largest absolute Gasteiger partial charge is 0.496 e. The van der Waals surface area contributed by atoms with Gasteiger partial charge in [0.05, 0.1) is 18.1 Å². The van der Waals surface area contributed by atoms with Crippen molar-refractivity contribution in [2.45, 2.75) is 17.1 Å². The Morgan fingerprint density at radius 3 is 2.43 bits per heavy atom. The molecule has 0 aliphatic rings. The number of thiazole rings is 1. The number of benzene rings is 4. The number of anilines is 2. The van der Waals surface area contributed by atoms with E-state index in [1.54, 1.807) is 68.6 Å². The van der Waals surface area contributed by atoms with Crippen LogP contribution in [-0.4, -0.2) is 35.1 Å². The highest BCUT2D eigenvalue weighted by molar-refractivity contribution is 8.00. The van der Waals surface area contributed by atoms with Gasteiger partial charge in [-0.1, -0.05) is 54.6 Å². The fourth-order valence-corrected chi connectivity index (χ4v) is 5.95. The van der Waals surface area contributed by atoms with Crippen LogP contribution < -0.4 is 20.7 Å². The number of rotatable bonds is 11. The van der Waals surface area contributed by atoms with Crippen molar-refractivity contribution in [1.29, 1.82) is 0 Å². The maximum absolute atomic E-state index is 14.5. The molecule has 8 nitrogen and oxygen atoms in total. The van der Waals surface area contributed by atoms with Crippen molar-refractivity contribution in [2.24, 2.45) is 0 Å². The molecule has 5 rings (SSSR count). The van der Waals surface area contributed by atoms with Gasteiger partial charge in [-0.3, -0.25) is 14.4 Å². The smallest absolute Gasteiger partial charge is 0.272 e. The molecule has 0 saturated carbocycles. The second-order valence-corrected chi connectivity index (χ2v) is 12.1. The van der Waals surface area contributed by atoms with E-state index in [0.29, 0.717) is 27.8 Å². The molecule has 0 bridgehead atoms. The standard InChI is InChI=1S/C35H29FN4O4S2/c1-22(32(41)40-35-39-30(21-45-35)27-16-7-9-18-31(27)44-2)46-26-15-10-14-25(20-26)37-34(43)29(19-24-13-6-8-17-28(24)36)38-33(42)23-11-4-3-5-12-23/h3-22H,1-2H3,(H,37,43)(H,38,42)(H,39,40,41)/b29-19-. The van der Waals surface area contributed by atoms with Crippen LogP contribution in [0.2, 0.25) is 0 Å². The van der Waals surface area contributed by atoms with Crippen LogP contribution >= 0.6 is 23.1 Å². The molecule has 1 atom stereocenters. The summed E-state index contributed by atoms with van der Waals surface area (Å²) in [7, 11) is 1.60. The number of carbonyl (C=O) groups excluding carboxylic acids is 3. The molecule has 0 aliphatic heterocycles. The molecule has 0 aliphatic carbocycles. The Bertz CT molecular complexity index is 1890. The van der Waals surface area contributed by atoms with Crippen molar-refractivity contribution in [3.8, 4) is 17.0 Å². The normalized spacial score (nSPS) is 11.8. The zero-order valence-corrected chi connectivity index (χ0v) is 26.5. The lowest BCUT2D eigenvalue weighted by molar-refractivity contribution is -0.115. The predicted molar refractivity (Wildman–Crippen MR) is 181 cm³/mol. The summed E-state index contributed by atoms with van der Waals surface area (Å²) in [6.07, 6.45) is 1.29. The second kappa shape index (κ2) is 15.2. The van der Waals surface area contributed by atoms with Crippen LogP contribution in [-0.2, 0) is 9.59 Å². The number of amides is 3. The molecule has 11 heteroatoms. The summed E-state index contributed by atoms with van der Waals surface area (Å²) >= 11 is 2.62. The molecule has 0 fully saturated rings. The monoisotopic (exact) mass is 652 g/mol. The Hall–Kier alpha value is -5.26. The Labute approximate surface area is 273 Å². The maximum Gasteiger partial charge on any atom is 0.272 e. The van der Waals surface area contributed by atoms with Gasteiger partial charge in [0, 0.05) is 32.7 Å². The van der Waals surface area contributed by atoms with Crippen molar-refractivity contribution >= 4 is 57.7 Å². The molecule has 4 aromatic carbocycles. The first-order valence-corrected chi connectivity index (χ1v) is 15.9. The summed E-state index contributed by atoms with van der Waals surface area (Å²) in [4.78, 5) is 44.6. The molecule has 1 heterocycles. The SMILES string of the molecule is COc1ccccc1-c1csc(NC(=O)C(C)Sc2cccc(NC(=O)/C(=C/c3ccccc3F)NC(=O)c3ccccc3)c2)n1. The van der Waals surface area contributed by atoms with Crippen LogP contribution in [0.5, 0.6) is 5.75 Å². The summed E-state index contributed by atoms with van der Waals surface area (Å²) in [5, 5.41) is 10.1. The number of halogens is 1. The lowest BCUT2D eigenvalue weighted by Gasteiger charge is -2.14. The lowest BCUT2D eigenvalue weighted by atomic mass is 10.1. The molecule has 1 unspecified atom stereocenters. The van der Waals surface area contributed by atoms with Crippen molar-refractivity contribution in [3.05, 3.63) is 131 Å². The number of hydrogen-bond donors (Lipinski definition) is 3. The van der Waals surface area contributed by atoms with Gasteiger partial charge in [0.15, 0.2) is 5.13 Å². The number of thioether (sulfide) groups is 1. The van der Waals surface area contributed by atoms with Crippen LogP contribution in [0, 0.1) is 5.82 Å². The highest BCUT2D eigenvalue weighted by Crippen LogP contribution is 2.33. The first-order chi connectivity index (χ1) is 22.3. The van der Waals surface area contributed by atoms with Crippen LogP contribution in [0.15, 0.2) is 119 Å². The van der Waals surface area contributed by atoms with Gasteiger partial charge in [-0.15, -0.1) is 23.1 Å². The molecular formula is C35H29FN4O4S2. The minimum Gasteiger partial charge on any atom is -0.496 e. The average molecular weight is 653 g/mol. The Kier molecular flexibility index (Phi) is 10.6. The third-order valence-corrected chi connectivity index (χ3v) is 8.48. The Balaban J connectivity index is 1.26. The molecule has 1 aromatic heterocycles. The van der Waals surface area contributed by atoms with Crippen molar-refractivity contribution in [2.75, 3.05) is 17.7 Å². The topological polar surface area (TPSA) is 109 Å². The molecule has 0 saturated heterocycles. The van der Waals surface area contributed by atoms with Crippen molar-refractivity contribution in [3.63, 3.8) is 0 Å². The molecular weight excluding hydrogens is 624 g/mol. The molecule has 3 amide bonds. The maximum atomic E-state index is 14.5. The van der Waals surface area contributed by atoms with Crippen LogP contribution in [0.3, 0.4) is 0 Å². The van der Waals surface area contributed by atoms with Gasteiger partial charge in [-0.2, -0.15) is 0 Å². The molecule has 5 aromatic rings. The number of nitrogens with one attached hydrogen (secondary N) is 3. The molecule has 46 heavy (non-hydrogen) atoms. The quantitative estimate of drug-likeness (QED) is 0.101. The minimum atomic E-state index is -0.643. The average Bonchev–Trinajstić information content (AvgIpc) is 3.54. The Morgan fingerprint density at radius 2 is 1.65 bits per heavy atom. The van der Waals surface area contributed by atoms with Crippen LogP contribution in [0.25, 0.3) is 17.3 Å². The number of para-hydroxylation sites is 1. The van der Waals surface area contributed by atoms with Crippen LogP contribution in [0.1, 0.15) is 22.8 Å². The molecule has 232 valence electrons. The van der Waals surface area contributed by atoms with Crippen molar-refractivity contribution in [1.82, 2.24) is 10.3 Å². The van der Waals surface area contributed by atoms with Gasteiger partial charge in [0.2, 0.25) is 5.91 Å². The highest BCUT2D eigenvalue weighted by Gasteiger charge is 2.19. The van der Waals surface area contributed by atoms with E-state index in [1.165, 1.54) is 47.4 Å². The second-order valence-electron chi connectivity index (χ2n) is 9.87. The van der Waals surface area contributed by atoms with Gasteiger partial charge in [0.1, 0.15) is 17.3 Å². The van der Waals surface area contributed by atoms with Gasteiger partial charge >= 0.3 is 0 Å². The fourth-order valence-electron chi connectivity index (χ4n) is 4.31. The minimum absolute atomic E-state index is 0.138. The molecule has 3 N–H and O–H groups in total. The van der Waals surface area contributed by atoms with Crippen molar-refractivity contribution < 1.29 is 23.5 Å². The molecule has 0 spiro atoms. The van der Waals surface area contributed by atoms with E-state index in [9.17, 15) is 18.8 Å². The lowest BCUT2D eigenvalue weighted by Crippen LogP contribution is -2.30. The number of carbonyl (C=O) groups is 3. The fraction of sp³-hybridized carbons (Fsp3) is 0.0857. The zero-order chi connectivity index (χ0) is 32.5. The third-order valence-electron chi connectivity index (χ3n) is 6.63. The number of hydrogen-bond acceptors (Lipinski definition) is 7. The first-order valence-electron chi connectivity index (χ1n) is 14.1. The number of methoxy groups -OCH3 is 1. The molecule has 0 radical (unpaired) electrons. The third kappa shape index (κ3) is 8.26. The van der Waals surface area contributed by atoms with Gasteiger partial charge in [-0.05, 0) is 61.5 Å². The van der Waals surface area contributed by atoms with Gasteiger partial charge in [-0.25, -0.2) is 9.37 Å². The van der Waals surface area contributed by atoms with Gasteiger partial charge in [0.25, 0.3) is 11.8 Å². The summed E-state index contributed by atoms with van der Waals surface area (Å²) in [6, 6.07) is 28.8. The van der Waals surface area contributed by atoms with E-state index in [1.807, 2.05) is 35.7 Å². The van der Waals surface area contributed by atoms with E-state index in [4.69, 9.17) is 4.74 Å². The van der Waals surface area contributed by atoms with Gasteiger partial charge < -0.3 is 20.7 Å². The number of nitrogens with zero attached hydrogens (tertiary/aromatic N) is 1. The first kappa shape index (κ1) is 32.1. The number of aromatic nitrogens is 1. The summed E-state index contributed by atoms with van der Waals surface area (Å²) < 4.78 is 19.9. The summed E-state index contributed by atoms with van der Waals surface area (Å²) in [5.41, 5.74) is 2.30. The summed E-state index contributed by atoms with van der Waals surface area (Å²) in [5.74, 6) is -1.25. The highest BCUT2D eigenvalue weighted by atomic mass is 32.2. The zero-order valence-electron chi connectivity index (χ0n) is 24.8. The van der Waals surface area contributed by atoms with E-state index >= 15 is 0 Å². The van der Waals surface area contributed by atoms with E-state index in [-0.39, 0.29) is 17.2 Å². The van der Waals surface area contributed by atoms with Crippen LogP contribution in [0.4, 0.5) is 15.2 Å². The van der Waals surface area contributed by atoms with E-state index in [2.05, 4.69) is 20.9 Å². The predicted octanol–water partition coefficient (Wildman–Crippen LogP) is 7.49. The number of ether oxygens (including phenoxy) is 1.